The number of amides is 1. The van der Waals surface area contributed by atoms with Gasteiger partial charge in [-0.1, -0.05) is 62.2 Å². The molecule has 0 heterocycles. The van der Waals surface area contributed by atoms with Crippen LogP contribution >= 0.6 is 23.2 Å². The fourth-order valence-corrected chi connectivity index (χ4v) is 2.63. The molecule has 0 fully saturated rings. The normalized spacial score (nSPS) is 11.2. The largest absolute Gasteiger partial charge is 0.482 e. The third kappa shape index (κ3) is 4.88. The molecule has 0 radical (unpaired) electrons. The van der Waals surface area contributed by atoms with Gasteiger partial charge in [0, 0.05) is 10.7 Å². The highest BCUT2D eigenvalue weighted by atomic mass is 35.5. The van der Waals surface area contributed by atoms with E-state index in [0.717, 1.165) is 11.3 Å². The molecular weight excluding hydrogens is 333 g/mol. The molecule has 0 saturated carbocycles. The first-order chi connectivity index (χ1) is 10.8. The van der Waals surface area contributed by atoms with Crippen molar-refractivity contribution >= 4 is 34.8 Å². The Kier molecular flexibility index (Phi) is 5.55. The summed E-state index contributed by atoms with van der Waals surface area (Å²) in [7, 11) is 0. The molecule has 1 amide bonds. The Bertz CT molecular complexity index is 708. The summed E-state index contributed by atoms with van der Waals surface area (Å²) in [5.41, 5.74) is 1.79. The van der Waals surface area contributed by atoms with Crippen molar-refractivity contribution in [3.63, 3.8) is 0 Å². The number of ether oxygens (including phenoxy) is 1. The topological polar surface area (TPSA) is 38.3 Å². The molecule has 0 saturated heterocycles. The third-order valence-corrected chi connectivity index (χ3v) is 3.79. The summed E-state index contributed by atoms with van der Waals surface area (Å²) >= 11 is 11.8. The van der Waals surface area contributed by atoms with Crippen molar-refractivity contribution in [2.45, 2.75) is 26.2 Å². The zero-order valence-corrected chi connectivity index (χ0v) is 14.8. The second-order valence-corrected chi connectivity index (χ2v) is 7.05. The smallest absolute Gasteiger partial charge is 0.262 e. The summed E-state index contributed by atoms with van der Waals surface area (Å²) in [6.45, 7) is 6.17. The van der Waals surface area contributed by atoms with Gasteiger partial charge in [-0.2, -0.15) is 0 Å². The van der Waals surface area contributed by atoms with Gasteiger partial charge >= 0.3 is 0 Å². The van der Waals surface area contributed by atoms with E-state index in [4.69, 9.17) is 27.9 Å². The first kappa shape index (κ1) is 17.6. The fraction of sp³-hybridized carbons (Fsp3) is 0.278. The maximum absolute atomic E-state index is 12.1. The number of carbonyl (C=O) groups excluding carboxylic acids is 1. The molecule has 23 heavy (non-hydrogen) atoms. The van der Waals surface area contributed by atoms with Crippen LogP contribution in [0, 0.1) is 0 Å². The standard InChI is InChI=1S/C18H19Cl2NO2/c1-18(2,3)13-6-4-5-7-15(13)21-17(22)11-23-16-9-8-12(19)10-14(16)20/h4-10H,11H2,1-3H3,(H,21,22). The van der Waals surface area contributed by atoms with Crippen LogP contribution in [0.25, 0.3) is 0 Å². The van der Waals surface area contributed by atoms with Crippen molar-refractivity contribution in [3.8, 4) is 5.75 Å². The van der Waals surface area contributed by atoms with E-state index in [1.807, 2.05) is 24.3 Å². The summed E-state index contributed by atoms with van der Waals surface area (Å²) in [6.07, 6.45) is 0. The first-order valence-electron chi connectivity index (χ1n) is 7.24. The zero-order chi connectivity index (χ0) is 17.0. The number of benzene rings is 2. The molecule has 0 aliphatic heterocycles. The first-order valence-corrected chi connectivity index (χ1v) is 8.00. The molecule has 2 aromatic rings. The molecule has 0 aromatic heterocycles. The fourth-order valence-electron chi connectivity index (χ4n) is 2.17. The Balaban J connectivity index is 2.03. The minimum atomic E-state index is -0.243. The number of para-hydroxylation sites is 1. The number of halogens is 2. The monoisotopic (exact) mass is 351 g/mol. The average Bonchev–Trinajstić information content (AvgIpc) is 2.46. The van der Waals surface area contributed by atoms with Crippen molar-refractivity contribution < 1.29 is 9.53 Å². The van der Waals surface area contributed by atoms with Crippen LogP contribution in [-0.2, 0) is 10.2 Å². The maximum Gasteiger partial charge on any atom is 0.262 e. The highest BCUT2D eigenvalue weighted by Gasteiger charge is 2.18. The molecule has 122 valence electrons. The minimum Gasteiger partial charge on any atom is -0.482 e. The average molecular weight is 352 g/mol. The van der Waals surface area contributed by atoms with Gasteiger partial charge in [0.2, 0.25) is 0 Å². The lowest BCUT2D eigenvalue weighted by Gasteiger charge is -2.23. The molecule has 0 unspecified atom stereocenters. The Morgan fingerprint density at radius 1 is 1.13 bits per heavy atom. The van der Waals surface area contributed by atoms with E-state index in [0.29, 0.717) is 15.8 Å². The second-order valence-electron chi connectivity index (χ2n) is 6.21. The predicted molar refractivity (Wildman–Crippen MR) is 95.7 cm³/mol. The van der Waals surface area contributed by atoms with E-state index in [-0.39, 0.29) is 17.9 Å². The van der Waals surface area contributed by atoms with Gasteiger partial charge in [-0.25, -0.2) is 0 Å². The molecule has 0 aliphatic rings. The SMILES string of the molecule is CC(C)(C)c1ccccc1NC(=O)COc1ccc(Cl)cc1Cl. The number of hydrogen-bond donors (Lipinski definition) is 1. The Labute approximate surface area is 146 Å². The number of nitrogens with one attached hydrogen (secondary N) is 1. The highest BCUT2D eigenvalue weighted by molar-refractivity contribution is 6.35. The lowest BCUT2D eigenvalue weighted by atomic mass is 9.86. The summed E-state index contributed by atoms with van der Waals surface area (Å²) in [6, 6.07) is 12.6. The summed E-state index contributed by atoms with van der Waals surface area (Å²) in [5, 5.41) is 3.78. The lowest BCUT2D eigenvalue weighted by molar-refractivity contribution is -0.118. The van der Waals surface area contributed by atoms with Gasteiger partial charge < -0.3 is 10.1 Å². The summed E-state index contributed by atoms with van der Waals surface area (Å²) < 4.78 is 5.45. The highest BCUT2D eigenvalue weighted by Crippen LogP contribution is 2.30. The molecule has 3 nitrogen and oxygen atoms in total. The van der Waals surface area contributed by atoms with Crippen LogP contribution in [-0.4, -0.2) is 12.5 Å². The van der Waals surface area contributed by atoms with Crippen molar-refractivity contribution in [1.82, 2.24) is 0 Å². The van der Waals surface area contributed by atoms with Gasteiger partial charge in [-0.3, -0.25) is 4.79 Å². The quantitative estimate of drug-likeness (QED) is 0.810. The van der Waals surface area contributed by atoms with Gasteiger partial charge in [-0.15, -0.1) is 0 Å². The van der Waals surface area contributed by atoms with Gasteiger partial charge in [0.05, 0.1) is 5.02 Å². The van der Waals surface area contributed by atoms with Gasteiger partial charge in [0.1, 0.15) is 5.75 Å². The van der Waals surface area contributed by atoms with Crippen LogP contribution in [0.5, 0.6) is 5.75 Å². The van der Waals surface area contributed by atoms with Gasteiger partial charge in [0.15, 0.2) is 6.61 Å². The van der Waals surface area contributed by atoms with Crippen molar-refractivity contribution in [1.29, 1.82) is 0 Å². The lowest BCUT2D eigenvalue weighted by Crippen LogP contribution is -2.23. The molecule has 2 rings (SSSR count). The van der Waals surface area contributed by atoms with Crippen LogP contribution < -0.4 is 10.1 Å². The Morgan fingerprint density at radius 2 is 1.83 bits per heavy atom. The van der Waals surface area contributed by atoms with E-state index in [1.165, 1.54) is 0 Å². The third-order valence-electron chi connectivity index (χ3n) is 3.26. The van der Waals surface area contributed by atoms with Crippen molar-refractivity contribution in [3.05, 3.63) is 58.1 Å². The van der Waals surface area contributed by atoms with Crippen LogP contribution in [0.4, 0.5) is 5.69 Å². The number of hydrogen-bond acceptors (Lipinski definition) is 2. The minimum absolute atomic E-state index is 0.0653. The van der Waals surface area contributed by atoms with Crippen LogP contribution in [0.2, 0.25) is 10.0 Å². The zero-order valence-electron chi connectivity index (χ0n) is 13.3. The molecule has 0 bridgehead atoms. The second kappa shape index (κ2) is 7.24. The maximum atomic E-state index is 12.1. The van der Waals surface area contributed by atoms with Gasteiger partial charge in [0.25, 0.3) is 5.91 Å². The van der Waals surface area contributed by atoms with Crippen LogP contribution in [0.3, 0.4) is 0 Å². The predicted octanol–water partition coefficient (Wildman–Crippen LogP) is 5.31. The van der Waals surface area contributed by atoms with E-state index in [1.54, 1.807) is 18.2 Å². The number of anilines is 1. The number of rotatable bonds is 4. The Hall–Kier alpha value is -1.71. The van der Waals surface area contributed by atoms with Crippen molar-refractivity contribution in [2.24, 2.45) is 0 Å². The van der Waals surface area contributed by atoms with Gasteiger partial charge in [-0.05, 0) is 35.2 Å². The molecule has 1 N–H and O–H groups in total. The molecule has 0 atom stereocenters. The number of carbonyl (C=O) groups is 1. The summed E-state index contributed by atoms with van der Waals surface area (Å²) in [5.74, 6) is 0.183. The Morgan fingerprint density at radius 3 is 2.48 bits per heavy atom. The van der Waals surface area contributed by atoms with Crippen LogP contribution in [0.15, 0.2) is 42.5 Å². The van der Waals surface area contributed by atoms with Crippen LogP contribution in [0.1, 0.15) is 26.3 Å². The molecule has 2 aromatic carbocycles. The molecular formula is C18H19Cl2NO2. The van der Waals surface area contributed by atoms with E-state index in [2.05, 4.69) is 26.1 Å². The summed E-state index contributed by atoms with van der Waals surface area (Å²) in [4.78, 5) is 12.1. The molecule has 5 heteroatoms. The van der Waals surface area contributed by atoms with Crippen molar-refractivity contribution in [2.75, 3.05) is 11.9 Å². The van der Waals surface area contributed by atoms with E-state index >= 15 is 0 Å². The van der Waals surface area contributed by atoms with E-state index < -0.39 is 0 Å². The molecule has 0 aliphatic carbocycles. The molecule has 0 spiro atoms. The van der Waals surface area contributed by atoms with E-state index in [9.17, 15) is 4.79 Å².